The van der Waals surface area contributed by atoms with E-state index in [0.717, 1.165) is 0 Å². The van der Waals surface area contributed by atoms with Gasteiger partial charge in [-0.25, -0.2) is 14.4 Å². The number of hydrogen-bond acceptors (Lipinski definition) is 10. The Morgan fingerprint density at radius 3 is 2.48 bits per heavy atom. The lowest BCUT2D eigenvalue weighted by Gasteiger charge is -2.67. The second-order valence-electron chi connectivity index (χ2n) is 10.5. The summed E-state index contributed by atoms with van der Waals surface area (Å²) in [5.74, 6) is -11.7. The Labute approximate surface area is 188 Å². The molecule has 2 aliphatic heterocycles. The molecule has 2 heterocycles. The molecule has 0 aromatic heterocycles. The van der Waals surface area contributed by atoms with Crippen LogP contribution in [0.1, 0.15) is 33.6 Å². The van der Waals surface area contributed by atoms with Crippen molar-refractivity contribution in [3.05, 3.63) is 0 Å². The highest BCUT2D eigenvalue weighted by atomic mass is 16.7. The Balaban J connectivity index is 1.72. The summed E-state index contributed by atoms with van der Waals surface area (Å²) in [6.07, 6.45) is -3.88. The number of ketones is 2. The average molecular weight is 466 g/mol. The van der Waals surface area contributed by atoms with Crippen LogP contribution in [0.3, 0.4) is 0 Å². The highest BCUT2D eigenvalue weighted by Crippen LogP contribution is 2.73. The number of carbonyl (C=O) groups is 5. The van der Waals surface area contributed by atoms with Gasteiger partial charge < -0.3 is 29.5 Å². The van der Waals surface area contributed by atoms with Gasteiger partial charge in [-0.3, -0.25) is 9.59 Å². The number of carbonyl (C=O) groups excluding carboxylic acids is 4. The molecule has 5 fully saturated rings. The summed E-state index contributed by atoms with van der Waals surface area (Å²) in [6.45, 7) is 4.72. The Hall–Kier alpha value is -2.37. The summed E-state index contributed by atoms with van der Waals surface area (Å²) in [6, 6.07) is 0. The normalized spacial score (nSPS) is 52.5. The molecule has 2 bridgehead atoms. The molecule has 3 saturated carbocycles. The first kappa shape index (κ1) is 22.4. The summed E-state index contributed by atoms with van der Waals surface area (Å²) in [4.78, 5) is 62.0. The number of aliphatic hydroxyl groups is 2. The van der Waals surface area contributed by atoms with Crippen molar-refractivity contribution >= 4 is 29.5 Å². The molecule has 3 N–H and O–H groups in total. The standard InChI is InChI=1S/C22H26O11/c1-7-4-10(23)15(25)20(3)9(7)5-11-21-6-31-22(30,19(20)21)14(24)8(2)12(21)13(17(28)32-11)33-18(29)16(26)27/h7-9,11-14,19,24,30H,4-6H2,1-3H3,(H,26,27)/t7?,8-,9?,11?,12?,13?,14-,19?,20-,21-,22-/m1/s1. The number of aliphatic carboxylic acids is 1. The molecule has 0 aromatic carbocycles. The van der Waals surface area contributed by atoms with Gasteiger partial charge in [-0.2, -0.15) is 0 Å². The molecule has 5 rings (SSSR count). The summed E-state index contributed by atoms with van der Waals surface area (Å²) in [5, 5.41) is 31.8. The maximum Gasteiger partial charge on any atom is 0.418 e. The van der Waals surface area contributed by atoms with Crippen molar-refractivity contribution in [1.82, 2.24) is 0 Å². The van der Waals surface area contributed by atoms with Crippen LogP contribution in [-0.2, 0) is 38.2 Å². The third-order valence-electron chi connectivity index (χ3n) is 9.21. The van der Waals surface area contributed by atoms with Crippen LogP contribution in [0.5, 0.6) is 0 Å². The van der Waals surface area contributed by atoms with Gasteiger partial charge >= 0.3 is 17.9 Å². The van der Waals surface area contributed by atoms with Crippen LogP contribution in [-0.4, -0.2) is 75.5 Å². The van der Waals surface area contributed by atoms with Crippen molar-refractivity contribution in [2.75, 3.05) is 6.61 Å². The summed E-state index contributed by atoms with van der Waals surface area (Å²) in [7, 11) is 0. The molecule has 1 spiro atoms. The van der Waals surface area contributed by atoms with Crippen molar-refractivity contribution in [2.24, 2.45) is 40.4 Å². The molecule has 6 unspecified atom stereocenters. The Morgan fingerprint density at radius 1 is 1.18 bits per heavy atom. The van der Waals surface area contributed by atoms with Crippen LogP contribution < -0.4 is 0 Å². The highest BCUT2D eigenvalue weighted by molar-refractivity contribution is 6.40. The minimum atomic E-state index is -2.21. The zero-order chi connectivity index (χ0) is 24.2. The fourth-order valence-corrected chi connectivity index (χ4v) is 8.10. The second kappa shape index (κ2) is 6.61. The summed E-state index contributed by atoms with van der Waals surface area (Å²) < 4.78 is 16.5. The van der Waals surface area contributed by atoms with Crippen LogP contribution in [0.15, 0.2) is 0 Å². The van der Waals surface area contributed by atoms with Gasteiger partial charge in [0.15, 0.2) is 11.6 Å². The van der Waals surface area contributed by atoms with Crippen molar-refractivity contribution < 1.29 is 53.5 Å². The first-order valence-electron chi connectivity index (χ1n) is 11.1. The monoisotopic (exact) mass is 466 g/mol. The van der Waals surface area contributed by atoms with E-state index in [2.05, 4.69) is 0 Å². The molecular weight excluding hydrogens is 440 g/mol. The number of aliphatic hydroxyl groups excluding tert-OH is 1. The SMILES string of the molecule is CC1CC(=O)C(=O)[C@@]2(C)C1CC1OC(=O)C(OC(=O)C(=O)O)C3[C@@H](C)[C@@H](O)[C@@]4(O)OC[C@@]13C24. The molecule has 0 aromatic rings. The second-order valence-corrected chi connectivity index (χ2v) is 10.5. The topological polar surface area (TPSA) is 174 Å². The third-order valence-corrected chi connectivity index (χ3v) is 9.21. The van der Waals surface area contributed by atoms with Crippen LogP contribution >= 0.6 is 0 Å². The Bertz CT molecular complexity index is 991. The lowest BCUT2D eigenvalue weighted by Crippen LogP contribution is -2.78. The molecule has 0 amide bonds. The van der Waals surface area contributed by atoms with Crippen LogP contribution in [0, 0.1) is 40.4 Å². The fraction of sp³-hybridized carbons (Fsp3) is 0.773. The summed E-state index contributed by atoms with van der Waals surface area (Å²) in [5.41, 5.74) is -2.70. The molecule has 11 atom stereocenters. The van der Waals surface area contributed by atoms with E-state index in [1.165, 1.54) is 6.92 Å². The van der Waals surface area contributed by atoms with E-state index >= 15 is 0 Å². The lowest BCUT2D eigenvalue weighted by atomic mass is 9.37. The van der Waals surface area contributed by atoms with Crippen molar-refractivity contribution in [3.63, 3.8) is 0 Å². The number of carboxylic acids is 1. The minimum absolute atomic E-state index is 0.0278. The van der Waals surface area contributed by atoms with E-state index in [-0.39, 0.29) is 25.4 Å². The van der Waals surface area contributed by atoms with Gasteiger partial charge in [0.25, 0.3) is 0 Å². The van der Waals surface area contributed by atoms with E-state index in [9.17, 15) is 34.2 Å². The average Bonchev–Trinajstić information content (AvgIpc) is 3.03. The smallest absolute Gasteiger partial charge is 0.418 e. The predicted molar refractivity (Wildman–Crippen MR) is 103 cm³/mol. The molecule has 11 heteroatoms. The molecule has 5 aliphatic rings. The zero-order valence-corrected chi connectivity index (χ0v) is 18.3. The maximum atomic E-state index is 13.4. The Kier molecular flexibility index (Phi) is 4.49. The van der Waals surface area contributed by atoms with E-state index in [1.54, 1.807) is 6.92 Å². The number of esters is 2. The fourth-order valence-electron chi connectivity index (χ4n) is 8.10. The first-order valence-corrected chi connectivity index (χ1v) is 11.1. The highest BCUT2D eigenvalue weighted by Gasteiger charge is 2.84. The van der Waals surface area contributed by atoms with E-state index in [4.69, 9.17) is 19.3 Å². The quantitative estimate of drug-likeness (QED) is 0.321. The van der Waals surface area contributed by atoms with Crippen LogP contribution in [0.25, 0.3) is 0 Å². The number of hydrogen-bond donors (Lipinski definition) is 3. The van der Waals surface area contributed by atoms with E-state index in [1.807, 2.05) is 6.92 Å². The largest absolute Gasteiger partial charge is 0.473 e. The zero-order valence-electron chi connectivity index (χ0n) is 18.3. The van der Waals surface area contributed by atoms with Gasteiger partial charge in [-0.1, -0.05) is 20.8 Å². The van der Waals surface area contributed by atoms with Crippen molar-refractivity contribution in [2.45, 2.75) is 57.7 Å². The number of ether oxygens (including phenoxy) is 3. The number of rotatable bonds is 1. The van der Waals surface area contributed by atoms with Gasteiger partial charge in [-0.05, 0) is 24.2 Å². The van der Waals surface area contributed by atoms with Gasteiger partial charge in [0.1, 0.15) is 12.2 Å². The first-order chi connectivity index (χ1) is 15.3. The summed E-state index contributed by atoms with van der Waals surface area (Å²) >= 11 is 0. The lowest BCUT2D eigenvalue weighted by molar-refractivity contribution is -0.331. The number of carboxylic acid groups (broad SMARTS) is 1. The van der Waals surface area contributed by atoms with Gasteiger partial charge in [0.2, 0.25) is 11.9 Å². The minimum Gasteiger partial charge on any atom is -0.473 e. The van der Waals surface area contributed by atoms with E-state index in [0.29, 0.717) is 0 Å². The van der Waals surface area contributed by atoms with Crippen LogP contribution in [0.2, 0.25) is 0 Å². The third kappa shape index (κ3) is 2.42. The number of fused-ring (bicyclic) bond motifs is 1. The molecule has 2 saturated heterocycles. The number of Topliss-reactive ketones (excluding diaryl/α,β-unsaturated/α-hetero) is 2. The molecule has 11 nitrogen and oxygen atoms in total. The predicted octanol–water partition coefficient (Wildman–Crippen LogP) is -0.939. The van der Waals surface area contributed by atoms with Gasteiger partial charge in [0, 0.05) is 29.1 Å². The van der Waals surface area contributed by atoms with Gasteiger partial charge in [-0.15, -0.1) is 0 Å². The van der Waals surface area contributed by atoms with Crippen molar-refractivity contribution in [3.8, 4) is 0 Å². The van der Waals surface area contributed by atoms with Crippen LogP contribution in [0.4, 0.5) is 0 Å². The molecule has 0 radical (unpaired) electrons. The van der Waals surface area contributed by atoms with Crippen molar-refractivity contribution in [1.29, 1.82) is 0 Å². The molecule has 3 aliphatic carbocycles. The maximum absolute atomic E-state index is 13.4. The molecular formula is C22H26O11. The van der Waals surface area contributed by atoms with E-state index < -0.39 is 88.1 Å². The Morgan fingerprint density at radius 2 is 1.85 bits per heavy atom. The van der Waals surface area contributed by atoms with Gasteiger partial charge in [0.05, 0.1) is 6.61 Å². The molecule has 180 valence electrons. The molecule has 33 heavy (non-hydrogen) atoms.